The van der Waals surface area contributed by atoms with Crippen LogP contribution >= 0.6 is 0 Å². The Bertz CT molecular complexity index is 717. The highest BCUT2D eigenvalue weighted by Gasteiger charge is 2.25. The number of hydrogen-bond donors (Lipinski definition) is 2. The molecule has 1 aromatic carbocycles. The van der Waals surface area contributed by atoms with Gasteiger partial charge in [0.1, 0.15) is 0 Å². The molecule has 1 heterocycles. The number of rotatable bonds is 5. The van der Waals surface area contributed by atoms with E-state index in [0.29, 0.717) is 17.4 Å². The number of fused-ring (bicyclic) bond motifs is 1. The van der Waals surface area contributed by atoms with Gasteiger partial charge in [-0.2, -0.15) is 5.10 Å². The largest absolute Gasteiger partial charge is 0.389 e. The van der Waals surface area contributed by atoms with Crippen LogP contribution in [0.4, 0.5) is 5.69 Å². The minimum Gasteiger partial charge on any atom is -0.389 e. The molecule has 0 spiro atoms. The number of aromatic nitrogens is 2. The topological polar surface area (TPSA) is 112 Å². The summed E-state index contributed by atoms with van der Waals surface area (Å²) in [7, 11) is 0. The number of H-pyrrole nitrogens is 1. The molecule has 22 heavy (non-hydrogen) atoms. The second-order valence-corrected chi connectivity index (χ2v) is 5.69. The fourth-order valence-electron chi connectivity index (χ4n) is 2.22. The number of nitrogens with zero attached hydrogens (tertiary/aromatic N) is 3. The fourth-order valence-corrected chi connectivity index (χ4v) is 2.22. The number of non-ortho nitro benzene ring substituents is 1. The summed E-state index contributed by atoms with van der Waals surface area (Å²) in [6, 6.07) is 4.19. The number of carbonyl (C=O) groups excluding carboxylic acids is 1. The molecule has 0 unspecified atom stereocenters. The van der Waals surface area contributed by atoms with Crippen LogP contribution in [0, 0.1) is 10.1 Å². The third kappa shape index (κ3) is 3.22. The molecule has 1 aromatic heterocycles. The molecular formula is C14H18N4O4. The first-order chi connectivity index (χ1) is 10.2. The quantitative estimate of drug-likeness (QED) is 0.645. The van der Waals surface area contributed by atoms with Crippen molar-refractivity contribution in [3.05, 3.63) is 34.0 Å². The van der Waals surface area contributed by atoms with E-state index >= 15 is 0 Å². The maximum atomic E-state index is 12.6. The maximum Gasteiger partial charge on any atom is 0.275 e. The highest BCUT2D eigenvalue weighted by molar-refractivity contribution is 6.05. The molecule has 2 rings (SSSR count). The number of aliphatic hydroxyl groups is 1. The number of amides is 1. The molecule has 0 aliphatic carbocycles. The summed E-state index contributed by atoms with van der Waals surface area (Å²) in [6.45, 7) is 5.55. The van der Waals surface area contributed by atoms with Gasteiger partial charge in [-0.3, -0.25) is 20.0 Å². The minimum absolute atomic E-state index is 0.103. The van der Waals surface area contributed by atoms with Crippen molar-refractivity contribution < 1.29 is 14.8 Å². The number of benzene rings is 1. The van der Waals surface area contributed by atoms with Crippen LogP contribution < -0.4 is 0 Å². The maximum absolute atomic E-state index is 12.6. The molecule has 118 valence electrons. The molecule has 8 heteroatoms. The van der Waals surface area contributed by atoms with Gasteiger partial charge >= 0.3 is 0 Å². The lowest BCUT2D eigenvalue weighted by Crippen LogP contribution is -2.42. The summed E-state index contributed by atoms with van der Waals surface area (Å²) in [5.41, 5.74) is -0.476. The monoisotopic (exact) mass is 306 g/mol. The van der Waals surface area contributed by atoms with Gasteiger partial charge in [0, 0.05) is 30.6 Å². The number of hydrogen-bond acceptors (Lipinski definition) is 5. The lowest BCUT2D eigenvalue weighted by Gasteiger charge is -2.27. The predicted octanol–water partition coefficient (Wildman–Crippen LogP) is 1.70. The number of nitro groups is 1. The highest BCUT2D eigenvalue weighted by atomic mass is 16.6. The molecule has 0 aliphatic heterocycles. The van der Waals surface area contributed by atoms with E-state index in [4.69, 9.17) is 0 Å². The predicted molar refractivity (Wildman–Crippen MR) is 80.6 cm³/mol. The average Bonchev–Trinajstić information content (AvgIpc) is 2.85. The zero-order valence-electron chi connectivity index (χ0n) is 12.7. The first kappa shape index (κ1) is 15.9. The van der Waals surface area contributed by atoms with Gasteiger partial charge in [-0.15, -0.1) is 0 Å². The minimum atomic E-state index is -1.04. The normalized spacial score (nSPS) is 11.6. The summed E-state index contributed by atoms with van der Waals surface area (Å²) in [5, 5.41) is 27.8. The number of aromatic amines is 1. The van der Waals surface area contributed by atoms with Crippen molar-refractivity contribution in [1.29, 1.82) is 0 Å². The van der Waals surface area contributed by atoms with Crippen LogP contribution in [0.2, 0.25) is 0 Å². The van der Waals surface area contributed by atoms with E-state index in [1.165, 1.54) is 23.1 Å². The Kier molecular flexibility index (Phi) is 4.14. The molecule has 8 nitrogen and oxygen atoms in total. The molecule has 0 aliphatic rings. The third-order valence-electron chi connectivity index (χ3n) is 3.21. The van der Waals surface area contributed by atoms with E-state index in [2.05, 4.69) is 10.2 Å². The van der Waals surface area contributed by atoms with E-state index in [1.807, 2.05) is 0 Å². The molecule has 0 bridgehead atoms. The lowest BCUT2D eigenvalue weighted by atomic mass is 10.1. The van der Waals surface area contributed by atoms with E-state index in [0.717, 1.165) is 0 Å². The van der Waals surface area contributed by atoms with Crippen LogP contribution in [0.25, 0.3) is 10.9 Å². The molecular weight excluding hydrogens is 288 g/mol. The van der Waals surface area contributed by atoms with E-state index in [9.17, 15) is 20.0 Å². The Labute approximate surface area is 126 Å². The van der Waals surface area contributed by atoms with Gasteiger partial charge in [-0.1, -0.05) is 0 Å². The SMILES string of the molecule is CCN(CC(C)(C)O)C(=O)c1n[nH]c2ccc([N+](=O)[O-])cc12. The van der Waals surface area contributed by atoms with Crippen molar-refractivity contribution in [3.63, 3.8) is 0 Å². The van der Waals surface area contributed by atoms with E-state index in [1.54, 1.807) is 20.8 Å². The van der Waals surface area contributed by atoms with Gasteiger partial charge in [-0.05, 0) is 26.8 Å². The number of nitro benzene ring substituents is 1. The molecule has 2 aromatic rings. The molecule has 0 fully saturated rings. The van der Waals surface area contributed by atoms with Crippen molar-refractivity contribution in [2.24, 2.45) is 0 Å². The van der Waals surface area contributed by atoms with E-state index < -0.39 is 10.5 Å². The smallest absolute Gasteiger partial charge is 0.275 e. The van der Waals surface area contributed by atoms with Gasteiger partial charge in [0.05, 0.1) is 16.0 Å². The Hall–Kier alpha value is -2.48. The van der Waals surface area contributed by atoms with Crippen LogP contribution in [-0.2, 0) is 0 Å². The number of carbonyl (C=O) groups is 1. The lowest BCUT2D eigenvalue weighted by molar-refractivity contribution is -0.384. The Morgan fingerprint density at radius 1 is 1.50 bits per heavy atom. The third-order valence-corrected chi connectivity index (χ3v) is 3.21. The van der Waals surface area contributed by atoms with Crippen LogP contribution in [0.3, 0.4) is 0 Å². The summed E-state index contributed by atoms with van der Waals surface area (Å²) in [5.74, 6) is -0.378. The Morgan fingerprint density at radius 2 is 2.18 bits per heavy atom. The summed E-state index contributed by atoms with van der Waals surface area (Å²) in [6.07, 6.45) is 0. The van der Waals surface area contributed by atoms with Crippen molar-refractivity contribution in [1.82, 2.24) is 15.1 Å². The summed E-state index contributed by atoms with van der Waals surface area (Å²) in [4.78, 5) is 24.4. The second kappa shape index (κ2) is 5.72. The van der Waals surface area contributed by atoms with Crippen LogP contribution in [0.1, 0.15) is 31.3 Å². The zero-order valence-corrected chi connectivity index (χ0v) is 12.7. The standard InChI is InChI=1S/C14H18N4O4/c1-4-17(8-14(2,3)20)13(19)12-10-7-9(18(21)22)5-6-11(10)15-16-12/h5-7,20H,4,8H2,1-3H3,(H,15,16). The number of nitrogens with one attached hydrogen (secondary N) is 1. The number of likely N-dealkylation sites (N-methyl/N-ethyl adjacent to an activating group) is 1. The summed E-state index contributed by atoms with van der Waals surface area (Å²) >= 11 is 0. The summed E-state index contributed by atoms with van der Waals surface area (Å²) < 4.78 is 0. The molecule has 0 saturated heterocycles. The van der Waals surface area contributed by atoms with Gasteiger partial charge in [0.15, 0.2) is 5.69 Å². The van der Waals surface area contributed by atoms with Gasteiger partial charge in [0.25, 0.3) is 11.6 Å². The van der Waals surface area contributed by atoms with Gasteiger partial charge in [0.2, 0.25) is 0 Å². The van der Waals surface area contributed by atoms with Crippen molar-refractivity contribution in [3.8, 4) is 0 Å². The Morgan fingerprint density at radius 3 is 2.73 bits per heavy atom. The first-order valence-electron chi connectivity index (χ1n) is 6.87. The van der Waals surface area contributed by atoms with Crippen molar-refractivity contribution >= 4 is 22.5 Å². The zero-order chi connectivity index (χ0) is 16.5. The van der Waals surface area contributed by atoms with Gasteiger partial charge < -0.3 is 10.0 Å². The van der Waals surface area contributed by atoms with Crippen molar-refractivity contribution in [2.75, 3.05) is 13.1 Å². The van der Waals surface area contributed by atoms with Crippen molar-refractivity contribution in [2.45, 2.75) is 26.4 Å². The molecule has 2 N–H and O–H groups in total. The average molecular weight is 306 g/mol. The van der Waals surface area contributed by atoms with Crippen LogP contribution in [0.5, 0.6) is 0 Å². The first-order valence-corrected chi connectivity index (χ1v) is 6.87. The molecule has 0 saturated carbocycles. The van der Waals surface area contributed by atoms with Gasteiger partial charge in [-0.25, -0.2) is 0 Å². The second-order valence-electron chi connectivity index (χ2n) is 5.69. The van der Waals surface area contributed by atoms with Crippen LogP contribution in [-0.4, -0.2) is 49.7 Å². The van der Waals surface area contributed by atoms with Crippen LogP contribution in [0.15, 0.2) is 18.2 Å². The van der Waals surface area contributed by atoms with E-state index in [-0.39, 0.29) is 23.8 Å². The fraction of sp³-hybridized carbons (Fsp3) is 0.429. The Balaban J connectivity index is 2.42. The highest BCUT2D eigenvalue weighted by Crippen LogP contribution is 2.23. The molecule has 0 atom stereocenters. The molecule has 0 radical (unpaired) electrons. The molecule has 1 amide bonds.